The fourth-order valence-electron chi connectivity index (χ4n) is 8.40. The minimum Gasteiger partial charge on any atom is -0.359 e. The average Bonchev–Trinajstić information content (AvgIpc) is 3.88. The Balaban J connectivity index is 1.47. The first-order valence-corrected chi connectivity index (χ1v) is 22.3. The number of hydrogen-bond donors (Lipinski definition) is 1. The van der Waals surface area contributed by atoms with Crippen LogP contribution in [0.3, 0.4) is 0 Å². The van der Waals surface area contributed by atoms with E-state index >= 15 is 0 Å². The van der Waals surface area contributed by atoms with Crippen molar-refractivity contribution in [3.05, 3.63) is 164 Å². The maximum atomic E-state index is 6.97. The zero-order valence-electron chi connectivity index (χ0n) is 33.2. The lowest BCUT2D eigenvalue weighted by Gasteiger charge is -2.46. The molecule has 0 spiro atoms. The molecule has 14 heteroatoms. The molecule has 6 aliphatic rings. The maximum Gasteiger partial charge on any atom is 0.219 e. The number of benzene rings is 2. The Morgan fingerprint density at radius 3 is 1.45 bits per heavy atom. The number of rotatable bonds is 11. The van der Waals surface area contributed by atoms with Gasteiger partial charge in [0.1, 0.15) is 5.54 Å². The topological polar surface area (TPSA) is 86.0 Å². The number of halogens is 6. The average molecular weight is 1020 g/mol. The third-order valence-corrected chi connectivity index (χ3v) is 15.0. The summed E-state index contributed by atoms with van der Waals surface area (Å²) in [7, 11) is 6.39. The van der Waals surface area contributed by atoms with E-state index in [2.05, 4.69) is 61.5 Å². The zero-order chi connectivity index (χ0) is 42.6. The summed E-state index contributed by atoms with van der Waals surface area (Å²) in [5.41, 5.74) is 2.14. The van der Waals surface area contributed by atoms with Gasteiger partial charge in [-0.2, -0.15) is 0 Å². The molecule has 0 radical (unpaired) electrons. The number of aliphatic imine (C=N–C) groups is 3. The van der Waals surface area contributed by atoms with Crippen molar-refractivity contribution in [2.75, 3.05) is 28.4 Å². The van der Waals surface area contributed by atoms with E-state index in [9.17, 15) is 0 Å². The first-order chi connectivity index (χ1) is 28.6. The molecule has 8 nitrogen and oxygen atoms in total. The van der Waals surface area contributed by atoms with Gasteiger partial charge in [0.2, 0.25) is 5.66 Å². The number of ether oxygens (including phenoxy) is 4. The second kappa shape index (κ2) is 16.4. The quantitative estimate of drug-likeness (QED) is 0.227. The fraction of sp³-hybridized carbons (Fsp3) is 0.326. The van der Waals surface area contributed by atoms with Crippen molar-refractivity contribution < 1.29 is 18.9 Å². The molecule has 0 fully saturated rings. The second-order valence-electron chi connectivity index (χ2n) is 15.2. The minimum atomic E-state index is -1.48. The van der Waals surface area contributed by atoms with Crippen LogP contribution in [0.1, 0.15) is 36.8 Å². The molecule has 2 aliphatic heterocycles. The first kappa shape index (κ1) is 43.9. The molecule has 2 aromatic carbocycles. The summed E-state index contributed by atoms with van der Waals surface area (Å²) < 4.78 is 24.4. The molecule has 2 heterocycles. The number of hydrogen-bond acceptors (Lipinski definition) is 8. The van der Waals surface area contributed by atoms with Gasteiger partial charge in [0.15, 0.2) is 25.9 Å². The van der Waals surface area contributed by atoms with Gasteiger partial charge in [0, 0.05) is 74.2 Å². The van der Waals surface area contributed by atoms with Crippen molar-refractivity contribution in [2.24, 2.45) is 15.0 Å². The van der Waals surface area contributed by atoms with E-state index in [1.807, 2.05) is 103 Å². The summed E-state index contributed by atoms with van der Waals surface area (Å²) in [6.45, 7) is 0. The molecule has 0 saturated carbocycles. The molecule has 2 aromatic rings. The Labute approximate surface area is 387 Å². The van der Waals surface area contributed by atoms with Gasteiger partial charge in [-0.25, -0.2) is 4.99 Å². The summed E-state index contributed by atoms with van der Waals surface area (Å²) >= 11 is 35.5. The maximum absolute atomic E-state index is 6.97. The molecule has 0 saturated heterocycles. The van der Waals surface area contributed by atoms with Gasteiger partial charge in [-0.1, -0.05) is 163 Å². The largest absolute Gasteiger partial charge is 0.359 e. The monoisotopic (exact) mass is 1010 g/mol. The number of allylic oxidation sites excluding steroid dienone is 3. The van der Waals surface area contributed by atoms with Crippen molar-refractivity contribution in [3.63, 3.8) is 0 Å². The highest BCUT2D eigenvalue weighted by molar-refractivity contribution is 9.10. The van der Waals surface area contributed by atoms with Crippen molar-refractivity contribution in [1.29, 1.82) is 0 Å². The molecule has 312 valence electrons. The summed E-state index contributed by atoms with van der Waals surface area (Å²) in [4.78, 5) is 17.2. The van der Waals surface area contributed by atoms with Crippen LogP contribution in [0.15, 0.2) is 168 Å². The van der Waals surface area contributed by atoms with Crippen LogP contribution in [0.4, 0.5) is 0 Å². The number of nitrogens with one attached hydrogen (secondary N) is 1. The van der Waals surface area contributed by atoms with E-state index in [1.165, 1.54) is 0 Å². The highest BCUT2D eigenvalue weighted by atomic mass is 79.9. The third-order valence-electron chi connectivity index (χ3n) is 11.9. The van der Waals surface area contributed by atoms with Crippen LogP contribution < -0.4 is 5.32 Å². The highest BCUT2D eigenvalue weighted by Gasteiger charge is 2.66. The van der Waals surface area contributed by atoms with Crippen molar-refractivity contribution in [3.8, 4) is 0 Å². The summed E-state index contributed by atoms with van der Waals surface area (Å²) in [6.07, 6.45) is 27.0. The van der Waals surface area contributed by atoms with E-state index in [-0.39, 0.29) is 0 Å². The lowest BCUT2D eigenvalue weighted by molar-refractivity contribution is 0.104. The molecular formula is C46H42Br2Cl4N4O4. The second-order valence-corrected chi connectivity index (χ2v) is 19.4. The normalized spacial score (nSPS) is 35.8. The minimum absolute atomic E-state index is 0.368. The zero-order valence-corrected chi connectivity index (χ0v) is 39.4. The molecule has 0 amide bonds. The van der Waals surface area contributed by atoms with E-state index in [0.717, 1.165) is 42.4 Å². The fourth-order valence-corrected chi connectivity index (χ4v) is 10.1. The van der Waals surface area contributed by atoms with Gasteiger partial charge in [-0.15, -0.1) is 0 Å². The molecule has 8 rings (SSSR count). The highest BCUT2D eigenvalue weighted by Crippen LogP contribution is 2.58. The van der Waals surface area contributed by atoms with Crippen molar-refractivity contribution in [2.45, 2.75) is 62.8 Å². The molecule has 0 aromatic heterocycles. The lowest BCUT2D eigenvalue weighted by atomic mass is 9.71. The van der Waals surface area contributed by atoms with Gasteiger partial charge >= 0.3 is 0 Å². The third kappa shape index (κ3) is 7.41. The SMILES string of the molecule is COC1(Cl)C=CC(C2=NC(c3ccccc3Br)(C3(c4ccccc4Br)N=C(C4=CCC(Cl)(OC)C=C4)C(C4=CCC(Cl)(OC)C=C4)(C4=CCC(Cl)(OC)C=C4)N3)N=C2)=CC1. The van der Waals surface area contributed by atoms with Crippen LogP contribution in [-0.4, -0.2) is 71.9 Å². The summed E-state index contributed by atoms with van der Waals surface area (Å²) in [5.74, 6) is 0. The van der Waals surface area contributed by atoms with Gasteiger partial charge in [-0.05, 0) is 58.7 Å². The van der Waals surface area contributed by atoms with Crippen LogP contribution in [0.25, 0.3) is 0 Å². The lowest BCUT2D eigenvalue weighted by Crippen LogP contribution is -2.62. The Bertz CT molecular complexity index is 2420. The van der Waals surface area contributed by atoms with Crippen molar-refractivity contribution >= 4 is 95.9 Å². The van der Waals surface area contributed by atoms with E-state index < -0.39 is 37.1 Å². The van der Waals surface area contributed by atoms with Gasteiger partial charge < -0.3 is 18.9 Å². The molecular weight excluding hydrogens is 974 g/mol. The number of nitrogens with zero attached hydrogens (tertiary/aromatic N) is 3. The smallest absolute Gasteiger partial charge is 0.219 e. The van der Waals surface area contributed by atoms with Crippen molar-refractivity contribution in [1.82, 2.24) is 5.32 Å². The van der Waals surface area contributed by atoms with Crippen LogP contribution in [0, 0.1) is 0 Å². The molecule has 6 unspecified atom stereocenters. The van der Waals surface area contributed by atoms with Crippen LogP contribution in [0.5, 0.6) is 0 Å². The van der Waals surface area contributed by atoms with E-state index in [1.54, 1.807) is 28.4 Å². The van der Waals surface area contributed by atoms with Crippen LogP contribution in [-0.2, 0) is 30.3 Å². The standard InChI is InChI=1S/C46H42Br2Cl4N4O4/c1-57-40(49)21-13-30(14-22-40)38-29-53-45(54-38,34-9-5-7-11-36(34)47)46(35-10-6-8-12-37(35)48)55-39(31-15-23-41(50,58-2)24-16-31)44(56-46,32-17-25-42(51,59-3)26-18-32)33-19-27-43(52,60-4)28-20-33/h5-21,23,25,27,29,56H,22,24,26,28H2,1-4H3. The molecule has 4 aliphatic carbocycles. The van der Waals surface area contributed by atoms with Crippen LogP contribution >= 0.6 is 78.3 Å². The predicted octanol–water partition coefficient (Wildman–Crippen LogP) is 11.4. The Hall–Kier alpha value is -2.71. The molecule has 60 heavy (non-hydrogen) atoms. The summed E-state index contributed by atoms with van der Waals surface area (Å²) in [5, 5.41) is 0.159. The van der Waals surface area contributed by atoms with Gasteiger partial charge in [0.05, 0.1) is 17.6 Å². The van der Waals surface area contributed by atoms with E-state index in [0.29, 0.717) is 37.1 Å². The Morgan fingerprint density at radius 1 is 0.567 bits per heavy atom. The van der Waals surface area contributed by atoms with Crippen LogP contribution in [0.2, 0.25) is 0 Å². The molecule has 6 atom stereocenters. The Kier molecular flexibility index (Phi) is 12.0. The van der Waals surface area contributed by atoms with E-state index in [4.69, 9.17) is 80.3 Å². The van der Waals surface area contributed by atoms with Gasteiger partial charge in [0.25, 0.3) is 0 Å². The first-order valence-electron chi connectivity index (χ1n) is 19.2. The van der Waals surface area contributed by atoms with Gasteiger partial charge in [-0.3, -0.25) is 15.3 Å². The number of methoxy groups -OCH3 is 4. The molecule has 0 bridgehead atoms. The predicted molar refractivity (Wildman–Crippen MR) is 251 cm³/mol. The summed E-state index contributed by atoms with van der Waals surface area (Å²) in [6, 6.07) is 16.0. The Morgan fingerprint density at radius 2 is 1.02 bits per heavy atom. The molecule has 1 N–H and O–H groups in total. The number of alkyl halides is 4.